The summed E-state index contributed by atoms with van der Waals surface area (Å²) in [5.41, 5.74) is -0.0403. The third-order valence-electron chi connectivity index (χ3n) is 2.10. The zero-order valence-electron chi connectivity index (χ0n) is 8.07. The summed E-state index contributed by atoms with van der Waals surface area (Å²) < 4.78 is 18.8. The van der Waals surface area contributed by atoms with E-state index in [1.165, 1.54) is 12.1 Å². The van der Waals surface area contributed by atoms with Crippen LogP contribution in [-0.2, 0) is 14.3 Å². The molecule has 1 aromatic carbocycles. The molecule has 1 aliphatic rings. The lowest BCUT2D eigenvalue weighted by atomic mass is 10.2. The summed E-state index contributed by atoms with van der Waals surface area (Å²) in [4.78, 5) is 23.7. The molecule has 1 aliphatic heterocycles. The monoisotopic (exact) mass is 287 g/mol. The van der Waals surface area contributed by atoms with Crippen molar-refractivity contribution in [3.63, 3.8) is 0 Å². The summed E-state index contributed by atoms with van der Waals surface area (Å²) in [7, 11) is 0. The number of carbonyl (C=O) groups excluding carboxylic acids is 2. The van der Waals surface area contributed by atoms with Gasteiger partial charge in [0.25, 0.3) is 11.8 Å². The molecule has 2 rings (SSSR count). The number of hydrogen-bond acceptors (Lipinski definition) is 3. The van der Waals surface area contributed by atoms with Crippen LogP contribution in [0.4, 0.5) is 10.1 Å². The minimum absolute atomic E-state index is 0.0403. The second kappa shape index (κ2) is 4.31. The number of amides is 2. The summed E-state index contributed by atoms with van der Waals surface area (Å²) in [6.45, 7) is -0.414. The van der Waals surface area contributed by atoms with Gasteiger partial charge in [0.2, 0.25) is 0 Å². The Morgan fingerprint density at radius 3 is 2.44 bits per heavy atom. The van der Waals surface area contributed by atoms with E-state index in [0.717, 1.165) is 4.90 Å². The fraction of sp³-hybridized carbons (Fsp3) is 0.200. The molecule has 84 valence electrons. The Morgan fingerprint density at radius 1 is 1.25 bits per heavy atom. The molecule has 4 nitrogen and oxygen atoms in total. The van der Waals surface area contributed by atoms with Gasteiger partial charge in [-0.1, -0.05) is 15.9 Å². The van der Waals surface area contributed by atoms with E-state index in [1.807, 2.05) is 0 Å². The Bertz CT molecular complexity index is 447. The summed E-state index contributed by atoms with van der Waals surface area (Å²) in [5, 5.41) is 0. The molecule has 0 radical (unpaired) electrons. The van der Waals surface area contributed by atoms with Crippen molar-refractivity contribution < 1.29 is 18.7 Å². The zero-order valence-corrected chi connectivity index (χ0v) is 9.66. The van der Waals surface area contributed by atoms with Gasteiger partial charge >= 0.3 is 0 Å². The van der Waals surface area contributed by atoms with Gasteiger partial charge in [0, 0.05) is 4.47 Å². The van der Waals surface area contributed by atoms with E-state index in [4.69, 9.17) is 4.74 Å². The van der Waals surface area contributed by atoms with Crippen LogP contribution in [0.1, 0.15) is 0 Å². The number of hydrogen-bond donors (Lipinski definition) is 0. The van der Waals surface area contributed by atoms with Crippen LogP contribution >= 0.6 is 15.9 Å². The van der Waals surface area contributed by atoms with Crippen molar-refractivity contribution in [2.24, 2.45) is 0 Å². The first-order chi connectivity index (χ1) is 7.59. The summed E-state index contributed by atoms with van der Waals surface area (Å²) in [6, 6.07) is 4.14. The largest absolute Gasteiger partial charge is 0.362 e. The minimum Gasteiger partial charge on any atom is -0.362 e. The summed E-state index contributed by atoms with van der Waals surface area (Å²) in [6.07, 6.45) is 0. The molecule has 0 saturated carbocycles. The van der Waals surface area contributed by atoms with E-state index in [0.29, 0.717) is 4.47 Å². The first-order valence-corrected chi connectivity index (χ1v) is 5.27. The number of halogens is 2. The molecule has 1 heterocycles. The van der Waals surface area contributed by atoms with Crippen LogP contribution in [0, 0.1) is 5.82 Å². The van der Waals surface area contributed by atoms with E-state index in [9.17, 15) is 14.0 Å². The molecule has 1 saturated heterocycles. The van der Waals surface area contributed by atoms with Gasteiger partial charge in [-0.25, -0.2) is 9.29 Å². The van der Waals surface area contributed by atoms with E-state index in [1.54, 1.807) is 6.07 Å². The number of anilines is 1. The first kappa shape index (κ1) is 11.2. The van der Waals surface area contributed by atoms with Gasteiger partial charge in [0.15, 0.2) is 0 Å². The van der Waals surface area contributed by atoms with Gasteiger partial charge in [-0.15, -0.1) is 0 Å². The van der Waals surface area contributed by atoms with Gasteiger partial charge in [0.05, 0.1) is 5.69 Å². The fourth-order valence-corrected chi connectivity index (χ4v) is 1.76. The van der Waals surface area contributed by atoms with Gasteiger partial charge in [-0.2, -0.15) is 0 Å². The van der Waals surface area contributed by atoms with Crippen LogP contribution in [0.25, 0.3) is 0 Å². The lowest BCUT2D eigenvalue weighted by molar-refractivity contribution is -0.138. The van der Waals surface area contributed by atoms with Gasteiger partial charge in [0.1, 0.15) is 19.0 Å². The molecule has 1 aromatic rings. The Hall–Kier alpha value is -1.27. The molecule has 0 bridgehead atoms. The van der Waals surface area contributed by atoms with E-state index < -0.39 is 17.6 Å². The topological polar surface area (TPSA) is 46.6 Å². The van der Waals surface area contributed by atoms with Crippen LogP contribution in [-0.4, -0.2) is 25.0 Å². The molecule has 0 unspecified atom stereocenters. The Balaban J connectivity index is 2.42. The number of benzene rings is 1. The van der Waals surface area contributed by atoms with Crippen molar-refractivity contribution >= 4 is 33.4 Å². The Kier molecular flexibility index (Phi) is 3.02. The lowest BCUT2D eigenvalue weighted by Crippen LogP contribution is -2.46. The molecule has 0 aromatic heterocycles. The highest BCUT2D eigenvalue weighted by molar-refractivity contribution is 9.10. The highest BCUT2D eigenvalue weighted by atomic mass is 79.9. The molecular weight excluding hydrogens is 281 g/mol. The third kappa shape index (κ3) is 1.98. The van der Waals surface area contributed by atoms with E-state index >= 15 is 0 Å². The average molecular weight is 288 g/mol. The van der Waals surface area contributed by atoms with E-state index in [2.05, 4.69) is 15.9 Å². The molecular formula is C10H7BrFNO3. The predicted octanol–water partition coefficient (Wildman–Crippen LogP) is 1.48. The third-order valence-corrected chi connectivity index (χ3v) is 2.59. The Labute approximate surface area is 99.1 Å². The van der Waals surface area contributed by atoms with Crippen LogP contribution in [0.3, 0.4) is 0 Å². The maximum absolute atomic E-state index is 13.6. The molecule has 6 heteroatoms. The minimum atomic E-state index is -0.627. The second-order valence-corrected chi connectivity index (χ2v) is 4.13. The average Bonchev–Trinajstić information content (AvgIpc) is 2.20. The normalized spacial score (nSPS) is 16.8. The van der Waals surface area contributed by atoms with Crippen molar-refractivity contribution in [3.05, 3.63) is 28.5 Å². The summed E-state index contributed by atoms with van der Waals surface area (Å²) in [5.74, 6) is -1.74. The number of carbonyl (C=O) groups is 2. The molecule has 2 amide bonds. The van der Waals surface area contributed by atoms with Gasteiger partial charge in [-0.05, 0) is 18.2 Å². The number of nitrogens with zero attached hydrogens (tertiary/aromatic N) is 1. The van der Waals surface area contributed by atoms with Crippen LogP contribution in [0.5, 0.6) is 0 Å². The second-order valence-electron chi connectivity index (χ2n) is 3.21. The lowest BCUT2D eigenvalue weighted by Gasteiger charge is -2.25. The predicted molar refractivity (Wildman–Crippen MR) is 57.4 cm³/mol. The maximum atomic E-state index is 13.6. The Morgan fingerprint density at radius 2 is 1.88 bits per heavy atom. The molecule has 0 N–H and O–H groups in total. The molecule has 0 spiro atoms. The van der Waals surface area contributed by atoms with Gasteiger partial charge in [-0.3, -0.25) is 9.59 Å². The van der Waals surface area contributed by atoms with Crippen molar-refractivity contribution in [1.29, 1.82) is 0 Å². The molecule has 1 fully saturated rings. The van der Waals surface area contributed by atoms with Crippen molar-refractivity contribution in [2.45, 2.75) is 0 Å². The summed E-state index contributed by atoms with van der Waals surface area (Å²) >= 11 is 3.10. The zero-order chi connectivity index (χ0) is 11.7. The van der Waals surface area contributed by atoms with Crippen LogP contribution < -0.4 is 4.90 Å². The quantitative estimate of drug-likeness (QED) is 0.735. The SMILES string of the molecule is O=C1COCC(=O)N1c1ccc(Br)cc1F. The van der Waals surface area contributed by atoms with Crippen LogP contribution in [0.15, 0.2) is 22.7 Å². The molecule has 0 atom stereocenters. The molecule has 16 heavy (non-hydrogen) atoms. The van der Waals surface area contributed by atoms with Crippen molar-refractivity contribution in [3.8, 4) is 0 Å². The van der Waals surface area contributed by atoms with Gasteiger partial charge < -0.3 is 4.74 Å². The number of rotatable bonds is 1. The maximum Gasteiger partial charge on any atom is 0.259 e. The fourth-order valence-electron chi connectivity index (χ4n) is 1.43. The standard InChI is InChI=1S/C10H7BrFNO3/c11-6-1-2-8(7(12)3-6)13-9(14)4-16-5-10(13)15/h1-3H,4-5H2. The van der Waals surface area contributed by atoms with Crippen molar-refractivity contribution in [2.75, 3.05) is 18.1 Å². The number of morpholine rings is 1. The van der Waals surface area contributed by atoms with Crippen LogP contribution in [0.2, 0.25) is 0 Å². The highest BCUT2D eigenvalue weighted by Crippen LogP contribution is 2.24. The smallest absolute Gasteiger partial charge is 0.259 e. The number of ether oxygens (including phenoxy) is 1. The highest BCUT2D eigenvalue weighted by Gasteiger charge is 2.29. The number of imide groups is 1. The first-order valence-electron chi connectivity index (χ1n) is 4.48. The van der Waals surface area contributed by atoms with Crippen molar-refractivity contribution in [1.82, 2.24) is 0 Å². The van der Waals surface area contributed by atoms with E-state index in [-0.39, 0.29) is 18.9 Å². The molecule has 0 aliphatic carbocycles.